The van der Waals surface area contributed by atoms with Crippen molar-refractivity contribution in [3.63, 3.8) is 0 Å². The van der Waals surface area contributed by atoms with E-state index < -0.39 is 33.3 Å². The molecule has 0 aromatic heterocycles. The number of hydrogen-bond acceptors (Lipinski definition) is 4. The normalized spacial score (nSPS) is 27.6. The van der Waals surface area contributed by atoms with Gasteiger partial charge in [0, 0.05) is 12.1 Å². The standard InChI is InChI=1S/C18H16N2O4S/c1-18-10-6-5-9-14(18)15(11-19(18)25(2,23)24)20-16(21)12-7-3-4-8-13(12)17(20)22/h3-11,14H,1-2H3/t14-,18-/m0/s1. The number of amides is 2. The number of nitrogens with zero attached hydrogens (tertiary/aromatic N) is 2. The molecule has 25 heavy (non-hydrogen) atoms. The highest BCUT2D eigenvalue weighted by Gasteiger charge is 2.52. The van der Waals surface area contributed by atoms with Crippen molar-refractivity contribution in [1.82, 2.24) is 9.21 Å². The summed E-state index contributed by atoms with van der Waals surface area (Å²) in [4.78, 5) is 26.7. The first-order valence-electron chi connectivity index (χ1n) is 7.80. The van der Waals surface area contributed by atoms with E-state index in [4.69, 9.17) is 0 Å². The predicted molar refractivity (Wildman–Crippen MR) is 91.9 cm³/mol. The molecule has 2 atom stereocenters. The molecule has 1 aromatic carbocycles. The molecule has 7 heteroatoms. The lowest BCUT2D eigenvalue weighted by atomic mass is 9.82. The van der Waals surface area contributed by atoms with Gasteiger partial charge in [-0.05, 0) is 19.1 Å². The average molecular weight is 356 g/mol. The Labute approximate surface area is 145 Å². The monoisotopic (exact) mass is 356 g/mol. The van der Waals surface area contributed by atoms with Crippen molar-refractivity contribution in [2.45, 2.75) is 12.5 Å². The lowest BCUT2D eigenvalue weighted by molar-refractivity contribution is 0.0691. The number of rotatable bonds is 2. The molecule has 2 aliphatic heterocycles. The van der Waals surface area contributed by atoms with Gasteiger partial charge in [-0.15, -0.1) is 0 Å². The lowest BCUT2D eigenvalue weighted by Crippen LogP contribution is -2.47. The fourth-order valence-corrected chi connectivity index (χ4v) is 4.93. The van der Waals surface area contributed by atoms with Gasteiger partial charge in [0.25, 0.3) is 11.8 Å². The Bertz CT molecular complexity index is 971. The highest BCUT2D eigenvalue weighted by molar-refractivity contribution is 7.88. The number of benzene rings is 1. The number of fused-ring (bicyclic) bond motifs is 2. The van der Waals surface area contributed by atoms with Crippen LogP contribution in [0.3, 0.4) is 0 Å². The third-order valence-corrected chi connectivity index (χ3v) is 6.14. The maximum atomic E-state index is 12.8. The van der Waals surface area contributed by atoms with Crippen LogP contribution in [0, 0.1) is 5.92 Å². The number of allylic oxidation sites excluding steroid dienone is 2. The smallest absolute Gasteiger partial charge is 0.265 e. The fourth-order valence-electron chi connectivity index (χ4n) is 3.75. The van der Waals surface area contributed by atoms with E-state index in [9.17, 15) is 18.0 Å². The van der Waals surface area contributed by atoms with Crippen molar-refractivity contribution in [2.24, 2.45) is 5.92 Å². The van der Waals surface area contributed by atoms with Crippen LogP contribution in [-0.2, 0) is 10.0 Å². The van der Waals surface area contributed by atoms with Crippen LogP contribution < -0.4 is 0 Å². The van der Waals surface area contributed by atoms with Crippen LogP contribution in [0.25, 0.3) is 0 Å². The van der Waals surface area contributed by atoms with E-state index in [1.165, 1.54) is 10.5 Å². The summed E-state index contributed by atoms with van der Waals surface area (Å²) in [6, 6.07) is 6.61. The van der Waals surface area contributed by atoms with Crippen LogP contribution in [0.2, 0.25) is 0 Å². The van der Waals surface area contributed by atoms with Crippen molar-refractivity contribution in [2.75, 3.05) is 6.26 Å². The first kappa shape index (κ1) is 15.8. The molecular formula is C18H16N2O4S. The van der Waals surface area contributed by atoms with Gasteiger partial charge in [0.1, 0.15) is 0 Å². The van der Waals surface area contributed by atoms with E-state index in [1.54, 1.807) is 49.4 Å². The molecule has 0 saturated heterocycles. The van der Waals surface area contributed by atoms with Gasteiger partial charge in [-0.3, -0.25) is 13.9 Å². The van der Waals surface area contributed by atoms with E-state index in [2.05, 4.69) is 0 Å². The van der Waals surface area contributed by atoms with Gasteiger partial charge < -0.3 is 0 Å². The summed E-state index contributed by atoms with van der Waals surface area (Å²) in [5, 5.41) is 0. The van der Waals surface area contributed by atoms with E-state index in [0.29, 0.717) is 16.8 Å². The molecule has 0 saturated carbocycles. The molecule has 1 aromatic rings. The topological polar surface area (TPSA) is 74.8 Å². The molecule has 6 nitrogen and oxygen atoms in total. The molecule has 3 aliphatic rings. The molecular weight excluding hydrogens is 340 g/mol. The molecule has 0 radical (unpaired) electrons. The second-order valence-electron chi connectivity index (χ2n) is 6.55. The first-order valence-corrected chi connectivity index (χ1v) is 9.65. The van der Waals surface area contributed by atoms with Crippen molar-refractivity contribution in [1.29, 1.82) is 0 Å². The van der Waals surface area contributed by atoms with E-state index >= 15 is 0 Å². The van der Waals surface area contributed by atoms with Crippen LogP contribution in [-0.4, -0.2) is 41.2 Å². The van der Waals surface area contributed by atoms with E-state index in [0.717, 1.165) is 11.2 Å². The molecule has 2 heterocycles. The summed E-state index contributed by atoms with van der Waals surface area (Å²) < 4.78 is 25.8. The highest BCUT2D eigenvalue weighted by Crippen LogP contribution is 2.45. The Morgan fingerprint density at radius 1 is 1.04 bits per heavy atom. The maximum Gasteiger partial charge on any atom is 0.265 e. The van der Waals surface area contributed by atoms with Crippen LogP contribution >= 0.6 is 0 Å². The second-order valence-corrected chi connectivity index (χ2v) is 8.41. The highest BCUT2D eigenvalue weighted by atomic mass is 32.2. The SMILES string of the molecule is C[C@]12C=CC=C[C@H]1C(N1C(=O)c3ccccc3C1=O)=CN2S(C)(=O)=O. The van der Waals surface area contributed by atoms with Gasteiger partial charge in [0.2, 0.25) is 10.0 Å². The van der Waals surface area contributed by atoms with Crippen molar-refractivity contribution in [3.05, 3.63) is 71.6 Å². The molecule has 0 bridgehead atoms. The summed E-state index contributed by atoms with van der Waals surface area (Å²) in [6.45, 7) is 1.78. The Hall–Kier alpha value is -2.67. The lowest BCUT2D eigenvalue weighted by Gasteiger charge is -2.37. The number of carbonyl (C=O) groups excluding carboxylic acids is 2. The van der Waals surface area contributed by atoms with E-state index in [-0.39, 0.29) is 0 Å². The van der Waals surface area contributed by atoms with Crippen LogP contribution in [0.1, 0.15) is 27.6 Å². The van der Waals surface area contributed by atoms with Crippen molar-refractivity contribution < 1.29 is 18.0 Å². The zero-order valence-electron chi connectivity index (χ0n) is 13.7. The molecule has 0 spiro atoms. The Balaban J connectivity index is 1.86. The minimum Gasteiger partial charge on any atom is -0.268 e. The quantitative estimate of drug-likeness (QED) is 0.759. The summed E-state index contributed by atoms with van der Waals surface area (Å²) in [5.74, 6) is -1.27. The Morgan fingerprint density at radius 3 is 2.20 bits per heavy atom. The number of carbonyl (C=O) groups is 2. The molecule has 4 rings (SSSR count). The average Bonchev–Trinajstić information content (AvgIpc) is 3.00. The van der Waals surface area contributed by atoms with Crippen LogP contribution in [0.5, 0.6) is 0 Å². The van der Waals surface area contributed by atoms with Gasteiger partial charge >= 0.3 is 0 Å². The minimum atomic E-state index is -3.57. The van der Waals surface area contributed by atoms with Crippen LogP contribution in [0.4, 0.5) is 0 Å². The Morgan fingerprint density at radius 2 is 1.64 bits per heavy atom. The third-order valence-electron chi connectivity index (χ3n) is 4.93. The summed E-state index contributed by atoms with van der Waals surface area (Å²) in [7, 11) is -3.57. The number of hydrogen-bond donors (Lipinski definition) is 0. The molecule has 0 unspecified atom stereocenters. The third kappa shape index (κ3) is 2.05. The van der Waals surface area contributed by atoms with Gasteiger partial charge in [-0.2, -0.15) is 0 Å². The van der Waals surface area contributed by atoms with Crippen molar-refractivity contribution >= 4 is 21.8 Å². The second kappa shape index (κ2) is 4.92. The van der Waals surface area contributed by atoms with Gasteiger partial charge in [-0.25, -0.2) is 13.3 Å². The van der Waals surface area contributed by atoms with Gasteiger partial charge in [0.15, 0.2) is 0 Å². The fraction of sp³-hybridized carbons (Fsp3) is 0.222. The zero-order chi connectivity index (χ0) is 18.0. The first-order chi connectivity index (χ1) is 11.7. The maximum absolute atomic E-state index is 12.8. The van der Waals surface area contributed by atoms with Gasteiger partial charge in [0.05, 0.1) is 28.6 Å². The summed E-state index contributed by atoms with van der Waals surface area (Å²) in [5.41, 5.74) is 0.165. The summed E-state index contributed by atoms with van der Waals surface area (Å²) in [6.07, 6.45) is 9.68. The minimum absolute atomic E-state index is 0.336. The number of sulfonamides is 1. The molecule has 0 N–H and O–H groups in total. The van der Waals surface area contributed by atoms with Crippen molar-refractivity contribution in [3.8, 4) is 0 Å². The Kier molecular flexibility index (Phi) is 3.12. The van der Waals surface area contributed by atoms with Crippen LogP contribution in [0.15, 0.2) is 60.5 Å². The zero-order valence-corrected chi connectivity index (χ0v) is 14.5. The van der Waals surface area contributed by atoms with Gasteiger partial charge in [-0.1, -0.05) is 36.4 Å². The van der Waals surface area contributed by atoms with E-state index in [1.807, 2.05) is 6.08 Å². The largest absolute Gasteiger partial charge is 0.268 e. The molecule has 128 valence electrons. The summed E-state index contributed by atoms with van der Waals surface area (Å²) >= 11 is 0. The molecule has 0 fully saturated rings. The number of imide groups is 1. The predicted octanol–water partition coefficient (Wildman–Crippen LogP) is 1.90. The molecule has 1 aliphatic carbocycles. The molecule has 2 amide bonds.